The second kappa shape index (κ2) is 15.3. The van der Waals surface area contributed by atoms with Crippen LogP contribution in [0.5, 0.6) is 0 Å². The molecule has 268 valence electrons. The van der Waals surface area contributed by atoms with Crippen LogP contribution in [0.4, 0.5) is 4.79 Å². The first-order valence-electron chi connectivity index (χ1n) is 18.3. The van der Waals surface area contributed by atoms with Gasteiger partial charge in [-0.05, 0) is 114 Å². The normalized spacial score (nSPS) is 23.5. The van der Waals surface area contributed by atoms with E-state index in [9.17, 15) is 19.2 Å². The predicted molar refractivity (Wildman–Crippen MR) is 191 cm³/mol. The van der Waals surface area contributed by atoms with Gasteiger partial charge in [0.2, 0.25) is 11.8 Å². The van der Waals surface area contributed by atoms with Crippen molar-refractivity contribution >= 4 is 34.8 Å². The van der Waals surface area contributed by atoms with E-state index in [0.717, 1.165) is 41.3 Å². The summed E-state index contributed by atoms with van der Waals surface area (Å²) >= 11 is 0. The molecule has 3 aromatic rings. The number of aromatic amines is 1. The lowest BCUT2D eigenvalue weighted by Crippen LogP contribution is -2.59. The van der Waals surface area contributed by atoms with E-state index < -0.39 is 41.1 Å². The molecular weight excluding hydrogens is 632 g/mol. The minimum Gasteiger partial charge on any atom is -0.458 e. The highest BCUT2D eigenvalue weighted by Gasteiger charge is 2.55. The van der Waals surface area contributed by atoms with Gasteiger partial charge in [0.05, 0.1) is 0 Å². The van der Waals surface area contributed by atoms with E-state index in [1.54, 1.807) is 20.8 Å². The zero-order valence-electron chi connectivity index (χ0n) is 29.6. The number of carbonyl (C=O) groups is 4. The first-order valence-corrected chi connectivity index (χ1v) is 18.3. The van der Waals surface area contributed by atoms with Crippen molar-refractivity contribution in [3.8, 4) is 0 Å². The Morgan fingerprint density at radius 1 is 0.860 bits per heavy atom. The van der Waals surface area contributed by atoms with Crippen molar-refractivity contribution < 1.29 is 28.7 Å². The number of hydrogen-bond acceptors (Lipinski definition) is 6. The second-order valence-electron chi connectivity index (χ2n) is 15.9. The van der Waals surface area contributed by atoms with E-state index in [-0.39, 0.29) is 18.9 Å². The molecule has 2 aromatic carbocycles. The molecule has 0 saturated heterocycles. The Balaban J connectivity index is 1.11. The summed E-state index contributed by atoms with van der Waals surface area (Å²) in [6, 6.07) is 15.6. The van der Waals surface area contributed by atoms with Crippen molar-refractivity contribution in [2.45, 2.75) is 109 Å². The Labute approximate surface area is 294 Å². The summed E-state index contributed by atoms with van der Waals surface area (Å²) in [6.07, 6.45) is 9.39. The highest BCUT2D eigenvalue weighted by molar-refractivity contribution is 5.93. The van der Waals surface area contributed by atoms with Gasteiger partial charge in [0.15, 0.2) is 0 Å². The summed E-state index contributed by atoms with van der Waals surface area (Å²) in [7, 11) is 0. The van der Waals surface area contributed by atoms with Gasteiger partial charge < -0.3 is 30.4 Å². The standard InChI is InChI=1S/C40H52N4O6/c1-39(2,3)50-36(46)33(15-9-10-16-41-38(48)49-25-26-11-5-4-6-12-26)43-35(45)34(20-30-24-42-32-14-8-7-13-31(30)32)44-37(47)40-21-27-17-28(22-40)19-29(18-27)23-40/h4-8,11-14,24,27-29,33-34,42H,9-10,15-23,25H2,1-3H3,(H,41,48)(H,43,45)(H,44,47)/t27?,28?,29?,33-,34-,40?/m0/s1. The van der Waals surface area contributed by atoms with Crippen LogP contribution in [-0.4, -0.2) is 53.1 Å². The molecule has 1 heterocycles. The number of carbonyl (C=O) groups excluding carboxylic acids is 4. The fourth-order valence-electron chi connectivity index (χ4n) is 8.76. The molecule has 1 aromatic heterocycles. The molecule has 50 heavy (non-hydrogen) atoms. The van der Waals surface area contributed by atoms with Gasteiger partial charge in [0, 0.05) is 35.5 Å². The molecule has 4 bridgehead atoms. The molecule has 7 rings (SSSR count). The van der Waals surface area contributed by atoms with Crippen LogP contribution in [0.3, 0.4) is 0 Å². The maximum absolute atomic E-state index is 14.2. The van der Waals surface area contributed by atoms with Gasteiger partial charge >= 0.3 is 12.1 Å². The van der Waals surface area contributed by atoms with Gasteiger partial charge in [-0.25, -0.2) is 9.59 Å². The van der Waals surface area contributed by atoms with Crippen molar-refractivity contribution in [2.75, 3.05) is 6.54 Å². The topological polar surface area (TPSA) is 139 Å². The molecule has 4 N–H and O–H groups in total. The monoisotopic (exact) mass is 684 g/mol. The molecule has 0 unspecified atom stereocenters. The Morgan fingerprint density at radius 2 is 1.52 bits per heavy atom. The summed E-state index contributed by atoms with van der Waals surface area (Å²) in [5, 5.41) is 9.92. The van der Waals surface area contributed by atoms with Gasteiger partial charge in [-0.3, -0.25) is 9.59 Å². The molecule has 0 aliphatic heterocycles. The summed E-state index contributed by atoms with van der Waals surface area (Å²) in [5.74, 6) is 0.792. The second-order valence-corrected chi connectivity index (χ2v) is 15.9. The van der Waals surface area contributed by atoms with Crippen molar-refractivity contribution in [3.05, 3.63) is 71.9 Å². The van der Waals surface area contributed by atoms with E-state index in [1.165, 1.54) is 19.3 Å². The number of nitrogens with one attached hydrogen (secondary N) is 4. The third kappa shape index (κ3) is 8.87. The summed E-state index contributed by atoms with van der Waals surface area (Å²) in [6.45, 7) is 5.91. The van der Waals surface area contributed by atoms with Crippen LogP contribution in [0.25, 0.3) is 10.9 Å². The van der Waals surface area contributed by atoms with Gasteiger partial charge in [-0.15, -0.1) is 0 Å². The molecule has 0 spiro atoms. The molecule has 4 fully saturated rings. The van der Waals surface area contributed by atoms with Gasteiger partial charge in [0.1, 0.15) is 24.3 Å². The number of unbranched alkanes of at least 4 members (excludes halogenated alkanes) is 1. The van der Waals surface area contributed by atoms with Crippen LogP contribution in [0.15, 0.2) is 60.8 Å². The highest BCUT2D eigenvalue weighted by atomic mass is 16.6. The van der Waals surface area contributed by atoms with Gasteiger partial charge in [0.25, 0.3) is 0 Å². The van der Waals surface area contributed by atoms with E-state index in [2.05, 4.69) is 20.9 Å². The minimum atomic E-state index is -0.923. The van der Waals surface area contributed by atoms with E-state index >= 15 is 0 Å². The van der Waals surface area contributed by atoms with Crippen LogP contribution in [-0.2, 0) is 36.9 Å². The van der Waals surface area contributed by atoms with E-state index in [0.29, 0.717) is 43.6 Å². The zero-order valence-corrected chi connectivity index (χ0v) is 29.6. The van der Waals surface area contributed by atoms with E-state index in [4.69, 9.17) is 9.47 Å². The molecule has 4 aliphatic rings. The quantitative estimate of drug-likeness (QED) is 0.116. The van der Waals surface area contributed by atoms with Crippen molar-refractivity contribution in [3.63, 3.8) is 0 Å². The lowest BCUT2D eigenvalue weighted by Gasteiger charge is -2.55. The van der Waals surface area contributed by atoms with Crippen molar-refractivity contribution in [1.82, 2.24) is 20.9 Å². The number of H-pyrrole nitrogens is 1. The predicted octanol–water partition coefficient (Wildman–Crippen LogP) is 6.33. The number of rotatable bonds is 14. The molecule has 3 amide bonds. The maximum Gasteiger partial charge on any atom is 0.407 e. The van der Waals surface area contributed by atoms with E-state index in [1.807, 2.05) is 60.8 Å². The summed E-state index contributed by atoms with van der Waals surface area (Å²) in [4.78, 5) is 57.3. The van der Waals surface area contributed by atoms with Gasteiger partial charge in [-0.1, -0.05) is 48.5 Å². The first-order chi connectivity index (χ1) is 24.0. The number of ether oxygens (including phenoxy) is 2. The zero-order chi connectivity index (χ0) is 35.3. The Kier molecular flexibility index (Phi) is 10.8. The average molecular weight is 685 g/mol. The number of aromatic nitrogens is 1. The first kappa shape index (κ1) is 35.5. The third-order valence-corrected chi connectivity index (χ3v) is 10.7. The Bertz CT molecular complexity index is 1630. The van der Waals surface area contributed by atoms with Crippen LogP contribution in [0, 0.1) is 23.2 Å². The van der Waals surface area contributed by atoms with Crippen molar-refractivity contribution in [2.24, 2.45) is 23.2 Å². The van der Waals surface area contributed by atoms with Crippen LogP contribution in [0.1, 0.15) is 89.7 Å². The number of hydrogen-bond donors (Lipinski definition) is 4. The molecule has 0 radical (unpaired) electrons. The van der Waals surface area contributed by atoms with Crippen LogP contribution in [0.2, 0.25) is 0 Å². The molecule has 4 saturated carbocycles. The fourth-order valence-corrected chi connectivity index (χ4v) is 8.76. The molecule has 10 heteroatoms. The highest BCUT2D eigenvalue weighted by Crippen LogP contribution is 2.60. The summed E-state index contributed by atoms with van der Waals surface area (Å²) < 4.78 is 11.0. The number of benzene rings is 2. The third-order valence-electron chi connectivity index (χ3n) is 10.7. The molecule has 2 atom stereocenters. The number of alkyl carbamates (subject to hydrolysis) is 1. The SMILES string of the molecule is CC(C)(C)OC(=O)[C@H](CCCCNC(=O)OCc1ccccc1)NC(=O)[C@H](Cc1c[nH]c2ccccc12)NC(=O)C12CC3CC(CC(C3)C1)C2. The number of para-hydroxylation sites is 1. The van der Waals surface area contributed by atoms with Crippen molar-refractivity contribution in [1.29, 1.82) is 0 Å². The average Bonchev–Trinajstić information content (AvgIpc) is 3.48. The van der Waals surface area contributed by atoms with Crippen LogP contribution >= 0.6 is 0 Å². The Morgan fingerprint density at radius 3 is 2.20 bits per heavy atom. The Hall–Kier alpha value is -4.34. The molecule has 4 aliphatic carbocycles. The maximum atomic E-state index is 14.2. The number of amides is 3. The lowest BCUT2D eigenvalue weighted by molar-refractivity contribution is -0.159. The van der Waals surface area contributed by atoms with Crippen LogP contribution < -0.4 is 16.0 Å². The number of fused-ring (bicyclic) bond motifs is 1. The minimum absolute atomic E-state index is 0.0318. The largest absolute Gasteiger partial charge is 0.458 e. The smallest absolute Gasteiger partial charge is 0.407 e. The fraction of sp³-hybridized carbons (Fsp3) is 0.550. The number of esters is 1. The lowest BCUT2D eigenvalue weighted by atomic mass is 9.49. The molecule has 10 nitrogen and oxygen atoms in total. The summed E-state index contributed by atoms with van der Waals surface area (Å²) in [5.41, 5.74) is 1.60. The molecular formula is C40H52N4O6. The van der Waals surface area contributed by atoms with Gasteiger partial charge in [-0.2, -0.15) is 0 Å².